The van der Waals surface area contributed by atoms with Crippen molar-refractivity contribution < 1.29 is 9.50 Å². The third kappa shape index (κ3) is 2.61. The van der Waals surface area contributed by atoms with Crippen LogP contribution in [0, 0.1) is 12.7 Å². The Morgan fingerprint density at radius 1 is 1.05 bits per heavy atom. The molecule has 19 heavy (non-hydrogen) atoms. The van der Waals surface area contributed by atoms with Gasteiger partial charge >= 0.3 is 0 Å². The molecule has 0 aromatic heterocycles. The molecule has 0 saturated carbocycles. The van der Waals surface area contributed by atoms with Crippen molar-refractivity contribution in [2.45, 2.75) is 20.0 Å². The molecule has 0 amide bonds. The van der Waals surface area contributed by atoms with Crippen molar-refractivity contribution in [1.29, 1.82) is 0 Å². The van der Waals surface area contributed by atoms with Gasteiger partial charge in [-0.3, -0.25) is 0 Å². The second-order valence-electron chi connectivity index (χ2n) is 4.69. The van der Waals surface area contributed by atoms with Crippen LogP contribution in [0.15, 0.2) is 42.5 Å². The highest BCUT2D eigenvalue weighted by atomic mass is 19.1. The van der Waals surface area contributed by atoms with Gasteiger partial charge in [0.05, 0.1) is 6.10 Å². The van der Waals surface area contributed by atoms with E-state index in [4.69, 9.17) is 0 Å². The molecule has 1 atom stereocenters. The van der Waals surface area contributed by atoms with E-state index in [-0.39, 0.29) is 5.82 Å². The van der Waals surface area contributed by atoms with Crippen molar-refractivity contribution in [2.24, 2.45) is 0 Å². The third-order valence-corrected chi connectivity index (χ3v) is 3.29. The Kier molecular flexibility index (Phi) is 3.86. The Morgan fingerprint density at radius 2 is 1.68 bits per heavy atom. The molecule has 2 aromatic carbocycles. The molecule has 0 aliphatic heterocycles. The maximum Gasteiger partial charge on any atom is 0.131 e. The molecule has 0 saturated heterocycles. The summed E-state index contributed by atoms with van der Waals surface area (Å²) in [7, 11) is 1.88. The van der Waals surface area contributed by atoms with E-state index in [1.54, 1.807) is 13.0 Å². The number of benzene rings is 2. The standard InChI is InChI=1S/C16H18FNO/c1-11-7-4-5-9-14(11)18(3)15-10-6-8-13(17)16(15)12(2)19/h4-10,12,19H,1-3H3. The molecule has 0 fully saturated rings. The van der Waals surface area contributed by atoms with E-state index in [0.29, 0.717) is 11.3 Å². The van der Waals surface area contributed by atoms with Gasteiger partial charge in [-0.05, 0) is 37.6 Å². The van der Waals surface area contributed by atoms with Gasteiger partial charge in [0.2, 0.25) is 0 Å². The van der Waals surface area contributed by atoms with Crippen LogP contribution < -0.4 is 4.90 Å². The molecule has 2 rings (SSSR count). The van der Waals surface area contributed by atoms with Gasteiger partial charge in [0, 0.05) is 24.0 Å². The number of hydrogen-bond acceptors (Lipinski definition) is 2. The zero-order chi connectivity index (χ0) is 14.0. The van der Waals surface area contributed by atoms with Crippen molar-refractivity contribution in [2.75, 3.05) is 11.9 Å². The predicted molar refractivity (Wildman–Crippen MR) is 76.3 cm³/mol. The van der Waals surface area contributed by atoms with Crippen LogP contribution in [0.3, 0.4) is 0 Å². The molecule has 2 aromatic rings. The smallest absolute Gasteiger partial charge is 0.131 e. The van der Waals surface area contributed by atoms with Crippen LogP contribution in [0.1, 0.15) is 24.2 Å². The van der Waals surface area contributed by atoms with Gasteiger partial charge in [-0.2, -0.15) is 0 Å². The number of para-hydroxylation sites is 1. The molecular weight excluding hydrogens is 241 g/mol. The highest BCUT2D eigenvalue weighted by Gasteiger charge is 2.17. The fourth-order valence-corrected chi connectivity index (χ4v) is 2.30. The largest absolute Gasteiger partial charge is 0.389 e. The maximum atomic E-state index is 13.9. The Bertz CT molecular complexity index is 581. The number of nitrogens with zero attached hydrogens (tertiary/aromatic N) is 1. The first-order valence-corrected chi connectivity index (χ1v) is 6.28. The van der Waals surface area contributed by atoms with Crippen molar-refractivity contribution >= 4 is 11.4 Å². The molecule has 0 bridgehead atoms. The molecule has 1 unspecified atom stereocenters. The first-order valence-electron chi connectivity index (χ1n) is 6.28. The van der Waals surface area contributed by atoms with Gasteiger partial charge < -0.3 is 10.0 Å². The van der Waals surface area contributed by atoms with Crippen LogP contribution in [0.4, 0.5) is 15.8 Å². The molecule has 1 N–H and O–H groups in total. The molecule has 3 heteroatoms. The van der Waals surface area contributed by atoms with Gasteiger partial charge in [0.15, 0.2) is 0 Å². The summed E-state index contributed by atoms with van der Waals surface area (Å²) in [5.41, 5.74) is 3.11. The lowest BCUT2D eigenvalue weighted by atomic mass is 10.1. The quantitative estimate of drug-likeness (QED) is 0.902. The number of aliphatic hydroxyl groups is 1. The third-order valence-electron chi connectivity index (χ3n) is 3.29. The lowest BCUT2D eigenvalue weighted by Gasteiger charge is -2.25. The van der Waals surface area contributed by atoms with Crippen LogP contribution in [0.2, 0.25) is 0 Å². The number of hydrogen-bond donors (Lipinski definition) is 1. The lowest BCUT2D eigenvalue weighted by Crippen LogP contribution is -2.15. The first kappa shape index (κ1) is 13.6. The number of rotatable bonds is 3. The van der Waals surface area contributed by atoms with Crippen LogP contribution in [-0.2, 0) is 0 Å². The van der Waals surface area contributed by atoms with E-state index in [0.717, 1.165) is 11.3 Å². The SMILES string of the molecule is Cc1ccccc1N(C)c1cccc(F)c1C(C)O. The molecule has 0 heterocycles. The van der Waals surface area contributed by atoms with E-state index in [1.807, 2.05) is 49.2 Å². The summed E-state index contributed by atoms with van der Waals surface area (Å²) in [5, 5.41) is 9.78. The molecule has 0 spiro atoms. The minimum Gasteiger partial charge on any atom is -0.389 e. The van der Waals surface area contributed by atoms with Gasteiger partial charge in [-0.25, -0.2) is 4.39 Å². The average molecular weight is 259 g/mol. The van der Waals surface area contributed by atoms with Gasteiger partial charge in [0.1, 0.15) is 5.82 Å². The average Bonchev–Trinajstić information content (AvgIpc) is 2.37. The lowest BCUT2D eigenvalue weighted by molar-refractivity contribution is 0.194. The number of halogens is 1. The summed E-state index contributed by atoms with van der Waals surface area (Å²) in [6.45, 7) is 3.58. The molecule has 0 radical (unpaired) electrons. The van der Waals surface area contributed by atoms with Crippen molar-refractivity contribution in [3.8, 4) is 0 Å². The highest BCUT2D eigenvalue weighted by molar-refractivity contribution is 5.68. The highest BCUT2D eigenvalue weighted by Crippen LogP contribution is 2.33. The van der Waals surface area contributed by atoms with E-state index in [2.05, 4.69) is 0 Å². The Morgan fingerprint density at radius 3 is 2.32 bits per heavy atom. The molecule has 100 valence electrons. The fourth-order valence-electron chi connectivity index (χ4n) is 2.30. The Balaban J connectivity index is 2.54. The zero-order valence-electron chi connectivity index (χ0n) is 11.4. The number of aliphatic hydroxyl groups excluding tert-OH is 1. The molecule has 2 nitrogen and oxygen atoms in total. The van der Waals surface area contributed by atoms with E-state index in [1.165, 1.54) is 6.07 Å². The van der Waals surface area contributed by atoms with E-state index < -0.39 is 6.10 Å². The number of aryl methyl sites for hydroxylation is 1. The van der Waals surface area contributed by atoms with E-state index >= 15 is 0 Å². The summed E-state index contributed by atoms with van der Waals surface area (Å²) < 4.78 is 13.9. The van der Waals surface area contributed by atoms with Gasteiger partial charge in [0.25, 0.3) is 0 Å². The Hall–Kier alpha value is -1.87. The van der Waals surface area contributed by atoms with Crippen LogP contribution >= 0.6 is 0 Å². The topological polar surface area (TPSA) is 23.5 Å². The van der Waals surface area contributed by atoms with Crippen molar-refractivity contribution in [3.05, 3.63) is 59.4 Å². The minimum atomic E-state index is -0.845. The van der Waals surface area contributed by atoms with Gasteiger partial charge in [-0.1, -0.05) is 24.3 Å². The van der Waals surface area contributed by atoms with Crippen LogP contribution in [-0.4, -0.2) is 12.2 Å². The van der Waals surface area contributed by atoms with E-state index in [9.17, 15) is 9.50 Å². The summed E-state index contributed by atoms with van der Waals surface area (Å²) >= 11 is 0. The van der Waals surface area contributed by atoms with Crippen molar-refractivity contribution in [1.82, 2.24) is 0 Å². The second kappa shape index (κ2) is 5.41. The molecule has 0 aliphatic rings. The normalized spacial score (nSPS) is 12.3. The predicted octanol–water partition coefficient (Wildman–Crippen LogP) is 3.96. The van der Waals surface area contributed by atoms with Crippen LogP contribution in [0.25, 0.3) is 0 Å². The second-order valence-corrected chi connectivity index (χ2v) is 4.69. The molecule has 0 aliphatic carbocycles. The first-order chi connectivity index (χ1) is 9.02. The minimum absolute atomic E-state index is 0.327. The maximum absolute atomic E-state index is 13.9. The van der Waals surface area contributed by atoms with Gasteiger partial charge in [-0.15, -0.1) is 0 Å². The summed E-state index contributed by atoms with van der Waals surface area (Å²) in [6.07, 6.45) is -0.845. The Labute approximate surface area is 113 Å². The summed E-state index contributed by atoms with van der Waals surface area (Å²) in [5.74, 6) is -0.382. The monoisotopic (exact) mass is 259 g/mol. The van der Waals surface area contributed by atoms with Crippen molar-refractivity contribution in [3.63, 3.8) is 0 Å². The number of anilines is 2. The summed E-state index contributed by atoms with van der Waals surface area (Å²) in [6, 6.07) is 12.7. The zero-order valence-corrected chi connectivity index (χ0v) is 11.4. The molecular formula is C16H18FNO. The summed E-state index contributed by atoms with van der Waals surface area (Å²) in [4.78, 5) is 1.90. The van der Waals surface area contributed by atoms with Crippen LogP contribution in [0.5, 0.6) is 0 Å². The fraction of sp³-hybridized carbons (Fsp3) is 0.250.